The van der Waals surface area contributed by atoms with Gasteiger partial charge in [-0.15, -0.1) is 0 Å². The fraction of sp³-hybridized carbons (Fsp3) is 0.650. The summed E-state index contributed by atoms with van der Waals surface area (Å²) in [4.78, 5) is 14.5. The van der Waals surface area contributed by atoms with Gasteiger partial charge in [-0.25, -0.2) is 8.42 Å². The number of carbonyl (C=O) groups excluding carboxylic acids is 1. The molecule has 1 heterocycles. The van der Waals surface area contributed by atoms with Gasteiger partial charge in [-0.05, 0) is 43.0 Å². The van der Waals surface area contributed by atoms with Crippen LogP contribution in [0.15, 0.2) is 29.2 Å². The van der Waals surface area contributed by atoms with Gasteiger partial charge in [0, 0.05) is 39.7 Å². The number of sulfonamides is 1. The predicted molar refractivity (Wildman–Crippen MR) is 106 cm³/mol. The highest BCUT2D eigenvalue weighted by atomic mass is 32.2. The summed E-state index contributed by atoms with van der Waals surface area (Å²) < 4.78 is 37.6. The fourth-order valence-electron chi connectivity index (χ4n) is 3.87. The third kappa shape index (κ3) is 5.24. The Kier molecular flexibility index (Phi) is 7.31. The number of carbonyl (C=O) groups is 1. The van der Waals surface area contributed by atoms with E-state index in [4.69, 9.17) is 9.47 Å². The van der Waals surface area contributed by atoms with E-state index in [2.05, 4.69) is 0 Å². The number of methoxy groups -OCH3 is 1. The Morgan fingerprint density at radius 2 is 1.68 bits per heavy atom. The van der Waals surface area contributed by atoms with Gasteiger partial charge in [0.25, 0.3) is 0 Å². The molecule has 1 saturated heterocycles. The van der Waals surface area contributed by atoms with E-state index in [9.17, 15) is 13.2 Å². The van der Waals surface area contributed by atoms with E-state index < -0.39 is 10.0 Å². The van der Waals surface area contributed by atoms with E-state index in [0.29, 0.717) is 57.5 Å². The van der Waals surface area contributed by atoms with Crippen molar-refractivity contribution in [3.8, 4) is 5.75 Å². The Bertz CT molecular complexity index is 736. The van der Waals surface area contributed by atoms with Gasteiger partial charge in [0.2, 0.25) is 15.9 Å². The first-order chi connectivity index (χ1) is 13.5. The van der Waals surface area contributed by atoms with Crippen molar-refractivity contribution in [3.63, 3.8) is 0 Å². The molecule has 0 atom stereocenters. The average Bonchev–Trinajstić information content (AvgIpc) is 3.22. The molecule has 2 fully saturated rings. The first-order valence-corrected chi connectivity index (χ1v) is 11.4. The van der Waals surface area contributed by atoms with E-state index in [-0.39, 0.29) is 10.8 Å². The Labute approximate surface area is 167 Å². The van der Waals surface area contributed by atoms with Crippen LogP contribution >= 0.6 is 0 Å². The zero-order valence-corrected chi connectivity index (χ0v) is 17.3. The maximum Gasteiger partial charge on any atom is 0.243 e. The smallest absolute Gasteiger partial charge is 0.243 e. The second kappa shape index (κ2) is 9.71. The summed E-state index contributed by atoms with van der Waals surface area (Å²) >= 11 is 0. The molecule has 1 aliphatic heterocycles. The average molecular weight is 411 g/mol. The molecular weight excluding hydrogens is 380 g/mol. The quantitative estimate of drug-likeness (QED) is 0.614. The van der Waals surface area contributed by atoms with Crippen molar-refractivity contribution in [2.24, 2.45) is 5.92 Å². The highest BCUT2D eigenvalue weighted by Gasteiger charge is 2.31. The lowest BCUT2D eigenvalue weighted by Gasteiger charge is -2.34. The minimum absolute atomic E-state index is 0.168. The molecule has 8 heteroatoms. The normalized spacial score (nSPS) is 19.1. The van der Waals surface area contributed by atoms with Crippen LogP contribution in [0.2, 0.25) is 0 Å². The van der Waals surface area contributed by atoms with E-state index in [1.54, 1.807) is 31.4 Å². The van der Waals surface area contributed by atoms with Crippen LogP contribution in [-0.4, -0.2) is 70.0 Å². The Morgan fingerprint density at radius 3 is 2.29 bits per heavy atom. The molecule has 0 spiro atoms. The number of rotatable bonds is 8. The third-order valence-corrected chi connectivity index (χ3v) is 7.46. The van der Waals surface area contributed by atoms with Crippen LogP contribution in [0.3, 0.4) is 0 Å². The Hall–Kier alpha value is -1.64. The Morgan fingerprint density at radius 1 is 1.04 bits per heavy atom. The SMILES string of the molecule is COCCOc1ccc(S(=O)(=O)N2CCN(C(=O)CC3CCCC3)CC2)cc1. The molecule has 3 rings (SSSR count). The van der Waals surface area contributed by atoms with Gasteiger partial charge in [-0.2, -0.15) is 4.31 Å². The van der Waals surface area contributed by atoms with Crippen LogP contribution in [0.5, 0.6) is 5.75 Å². The van der Waals surface area contributed by atoms with Gasteiger partial charge in [0.15, 0.2) is 0 Å². The highest BCUT2D eigenvalue weighted by molar-refractivity contribution is 7.89. The van der Waals surface area contributed by atoms with Crippen molar-refractivity contribution in [1.82, 2.24) is 9.21 Å². The molecule has 7 nitrogen and oxygen atoms in total. The molecule has 156 valence electrons. The summed E-state index contributed by atoms with van der Waals surface area (Å²) in [5, 5.41) is 0. The van der Waals surface area contributed by atoms with E-state index in [0.717, 1.165) is 12.8 Å². The first-order valence-electron chi connectivity index (χ1n) is 10.0. The first kappa shape index (κ1) is 21.1. The summed E-state index contributed by atoms with van der Waals surface area (Å²) in [5.74, 6) is 1.29. The molecule has 0 aromatic heterocycles. The standard InChI is InChI=1S/C20H30N2O5S/c1-26-14-15-27-18-6-8-19(9-7-18)28(24,25)22-12-10-21(11-13-22)20(23)16-17-4-2-3-5-17/h6-9,17H,2-5,10-16H2,1H3. The second-order valence-corrected chi connectivity index (χ2v) is 9.39. The molecule has 0 bridgehead atoms. The molecule has 2 aliphatic rings. The highest BCUT2D eigenvalue weighted by Crippen LogP contribution is 2.28. The number of hydrogen-bond acceptors (Lipinski definition) is 5. The van der Waals surface area contributed by atoms with Crippen LogP contribution in [-0.2, 0) is 19.6 Å². The lowest BCUT2D eigenvalue weighted by Crippen LogP contribution is -2.50. The van der Waals surface area contributed by atoms with Gasteiger partial charge in [0.1, 0.15) is 12.4 Å². The minimum Gasteiger partial charge on any atom is -0.491 e. The summed E-state index contributed by atoms with van der Waals surface area (Å²) in [7, 11) is -1.96. The number of ether oxygens (including phenoxy) is 2. The van der Waals surface area contributed by atoms with Gasteiger partial charge < -0.3 is 14.4 Å². The zero-order valence-electron chi connectivity index (χ0n) is 16.5. The number of amides is 1. The molecule has 0 radical (unpaired) electrons. The van der Waals surface area contributed by atoms with Gasteiger partial charge in [-0.1, -0.05) is 12.8 Å². The summed E-state index contributed by atoms with van der Waals surface area (Å²) in [6.07, 6.45) is 5.34. The second-order valence-electron chi connectivity index (χ2n) is 7.45. The maximum absolute atomic E-state index is 12.9. The van der Waals surface area contributed by atoms with Crippen molar-refractivity contribution < 1.29 is 22.7 Å². The van der Waals surface area contributed by atoms with Crippen LogP contribution < -0.4 is 4.74 Å². The molecule has 0 unspecified atom stereocenters. The molecule has 1 aromatic carbocycles. The van der Waals surface area contributed by atoms with Crippen molar-refractivity contribution >= 4 is 15.9 Å². The number of benzene rings is 1. The summed E-state index contributed by atoms with van der Waals surface area (Å²) in [6.45, 7) is 2.49. The monoisotopic (exact) mass is 410 g/mol. The van der Waals surface area contributed by atoms with Crippen molar-refractivity contribution in [1.29, 1.82) is 0 Å². The van der Waals surface area contributed by atoms with Gasteiger partial charge in [0.05, 0.1) is 11.5 Å². The third-order valence-electron chi connectivity index (χ3n) is 5.55. The Balaban J connectivity index is 1.53. The molecule has 1 saturated carbocycles. The summed E-state index contributed by atoms with van der Waals surface area (Å²) in [5.41, 5.74) is 0. The van der Waals surface area contributed by atoms with Crippen molar-refractivity contribution in [2.75, 3.05) is 46.5 Å². The van der Waals surface area contributed by atoms with Gasteiger partial charge >= 0.3 is 0 Å². The number of hydrogen-bond donors (Lipinski definition) is 0. The van der Waals surface area contributed by atoms with E-state index in [1.807, 2.05) is 4.90 Å². The van der Waals surface area contributed by atoms with E-state index >= 15 is 0 Å². The van der Waals surface area contributed by atoms with Crippen LogP contribution in [0.1, 0.15) is 32.1 Å². The fourth-order valence-corrected chi connectivity index (χ4v) is 5.29. The summed E-state index contributed by atoms with van der Waals surface area (Å²) in [6, 6.07) is 6.44. The van der Waals surface area contributed by atoms with Crippen LogP contribution in [0.25, 0.3) is 0 Å². The molecule has 28 heavy (non-hydrogen) atoms. The molecule has 1 amide bonds. The topological polar surface area (TPSA) is 76.2 Å². The van der Waals surface area contributed by atoms with Crippen molar-refractivity contribution in [2.45, 2.75) is 37.0 Å². The molecular formula is C20H30N2O5S. The number of piperazine rings is 1. The largest absolute Gasteiger partial charge is 0.491 e. The molecule has 0 N–H and O–H groups in total. The lowest BCUT2D eigenvalue weighted by molar-refractivity contribution is -0.133. The number of nitrogens with zero attached hydrogens (tertiary/aromatic N) is 2. The minimum atomic E-state index is -3.56. The van der Waals surface area contributed by atoms with Crippen LogP contribution in [0.4, 0.5) is 0 Å². The van der Waals surface area contributed by atoms with Gasteiger partial charge in [-0.3, -0.25) is 4.79 Å². The lowest BCUT2D eigenvalue weighted by atomic mass is 10.0. The molecule has 1 aliphatic carbocycles. The molecule has 1 aromatic rings. The maximum atomic E-state index is 12.9. The van der Waals surface area contributed by atoms with Crippen molar-refractivity contribution in [3.05, 3.63) is 24.3 Å². The van der Waals surface area contributed by atoms with E-state index in [1.165, 1.54) is 17.1 Å². The van der Waals surface area contributed by atoms with Crippen LogP contribution in [0, 0.1) is 5.92 Å². The zero-order chi connectivity index (χ0) is 20.0. The predicted octanol–water partition coefficient (Wildman–Crippen LogP) is 2.12.